The van der Waals surface area contributed by atoms with Crippen molar-refractivity contribution in [3.05, 3.63) is 29.8 Å². The second kappa shape index (κ2) is 5.36. The maximum Gasteiger partial charge on any atom is 0.216 e. The molecule has 0 aromatic heterocycles. The lowest BCUT2D eigenvalue weighted by Crippen LogP contribution is -2.25. The molecule has 2 N–H and O–H groups in total. The van der Waals surface area contributed by atoms with E-state index in [4.69, 9.17) is 4.74 Å². The maximum atomic E-state index is 10.7. The Bertz CT molecular complexity index is 338. The number of aliphatic hydroxyl groups is 1. The van der Waals surface area contributed by atoms with Crippen LogP contribution < -0.4 is 10.1 Å². The van der Waals surface area contributed by atoms with Crippen molar-refractivity contribution in [2.45, 2.75) is 13.0 Å². The van der Waals surface area contributed by atoms with Crippen molar-refractivity contribution in [2.24, 2.45) is 0 Å². The Hall–Kier alpha value is -1.55. The monoisotopic (exact) mass is 209 g/mol. The van der Waals surface area contributed by atoms with Gasteiger partial charge in [0.25, 0.3) is 0 Å². The minimum absolute atomic E-state index is 0.163. The Morgan fingerprint density at radius 3 is 2.80 bits per heavy atom. The fraction of sp³-hybridized carbons (Fsp3) is 0.364. The summed E-state index contributed by atoms with van der Waals surface area (Å²) in [7, 11) is 1.55. The molecule has 4 nitrogen and oxygen atoms in total. The molecule has 0 aliphatic heterocycles. The summed E-state index contributed by atoms with van der Waals surface area (Å²) in [6, 6.07) is 7.18. The summed E-state index contributed by atoms with van der Waals surface area (Å²) in [4.78, 5) is 10.7. The molecule has 1 atom stereocenters. The first-order valence-electron chi connectivity index (χ1n) is 4.70. The molecular weight excluding hydrogens is 194 g/mol. The highest BCUT2D eigenvalue weighted by atomic mass is 16.5. The smallest absolute Gasteiger partial charge is 0.216 e. The molecular formula is C11H15NO3. The first kappa shape index (κ1) is 11.5. The summed E-state index contributed by atoms with van der Waals surface area (Å²) < 4.78 is 5.10. The van der Waals surface area contributed by atoms with E-state index in [1.54, 1.807) is 19.2 Å². The summed E-state index contributed by atoms with van der Waals surface area (Å²) in [5.41, 5.74) is 0.675. The first-order valence-corrected chi connectivity index (χ1v) is 4.70. The Balaban J connectivity index is 2.72. The van der Waals surface area contributed by atoms with Gasteiger partial charge in [0.15, 0.2) is 0 Å². The average Bonchev–Trinajstić information content (AvgIpc) is 2.25. The zero-order valence-electron chi connectivity index (χ0n) is 8.86. The molecule has 0 aliphatic carbocycles. The minimum atomic E-state index is -0.745. The van der Waals surface area contributed by atoms with E-state index >= 15 is 0 Å². The summed E-state index contributed by atoms with van der Waals surface area (Å²) >= 11 is 0. The van der Waals surface area contributed by atoms with Gasteiger partial charge >= 0.3 is 0 Å². The van der Waals surface area contributed by atoms with Gasteiger partial charge in [-0.1, -0.05) is 18.2 Å². The molecule has 0 saturated heterocycles. The van der Waals surface area contributed by atoms with Crippen molar-refractivity contribution in [1.82, 2.24) is 5.32 Å². The van der Waals surface area contributed by atoms with E-state index in [0.29, 0.717) is 11.3 Å². The van der Waals surface area contributed by atoms with Gasteiger partial charge in [-0.2, -0.15) is 0 Å². The van der Waals surface area contributed by atoms with E-state index in [2.05, 4.69) is 5.32 Å². The summed E-state index contributed by atoms with van der Waals surface area (Å²) in [6.45, 7) is 1.60. The molecule has 1 aromatic rings. The van der Waals surface area contributed by atoms with Crippen molar-refractivity contribution >= 4 is 5.91 Å². The highest BCUT2D eigenvalue weighted by Gasteiger charge is 2.12. The number of benzene rings is 1. The van der Waals surface area contributed by atoms with Crippen LogP contribution in [0, 0.1) is 0 Å². The van der Waals surface area contributed by atoms with Crippen LogP contribution in [0.15, 0.2) is 24.3 Å². The third-order valence-corrected chi connectivity index (χ3v) is 2.04. The lowest BCUT2D eigenvalue weighted by molar-refractivity contribution is -0.119. The number of methoxy groups -OCH3 is 1. The minimum Gasteiger partial charge on any atom is -0.496 e. The molecule has 15 heavy (non-hydrogen) atoms. The number of carbonyl (C=O) groups excluding carboxylic acids is 1. The number of para-hydroxylation sites is 1. The molecule has 0 radical (unpaired) electrons. The van der Waals surface area contributed by atoms with Crippen LogP contribution in [0.1, 0.15) is 18.6 Å². The van der Waals surface area contributed by atoms with Gasteiger partial charge in [0.2, 0.25) is 5.91 Å². The molecule has 0 bridgehead atoms. The SMILES string of the molecule is COc1ccccc1C(O)CNC(C)=O. The van der Waals surface area contributed by atoms with Crippen molar-refractivity contribution in [3.8, 4) is 5.75 Å². The number of aliphatic hydroxyl groups excluding tert-OH is 1. The lowest BCUT2D eigenvalue weighted by Gasteiger charge is -2.14. The van der Waals surface area contributed by atoms with Crippen LogP contribution in [0.4, 0.5) is 0 Å². The highest BCUT2D eigenvalue weighted by Crippen LogP contribution is 2.23. The Morgan fingerprint density at radius 1 is 1.53 bits per heavy atom. The predicted molar refractivity (Wildman–Crippen MR) is 56.6 cm³/mol. The highest BCUT2D eigenvalue weighted by molar-refractivity contribution is 5.72. The van der Waals surface area contributed by atoms with Gasteiger partial charge in [-0.3, -0.25) is 4.79 Å². The number of hydrogen-bond donors (Lipinski definition) is 2. The molecule has 1 rings (SSSR count). The molecule has 4 heteroatoms. The zero-order valence-corrected chi connectivity index (χ0v) is 8.86. The maximum absolute atomic E-state index is 10.7. The van der Waals surface area contributed by atoms with Gasteiger partial charge in [-0.25, -0.2) is 0 Å². The Morgan fingerprint density at radius 2 is 2.20 bits per heavy atom. The van der Waals surface area contributed by atoms with Gasteiger partial charge in [0.1, 0.15) is 5.75 Å². The van der Waals surface area contributed by atoms with Gasteiger partial charge < -0.3 is 15.2 Å². The fourth-order valence-electron chi connectivity index (χ4n) is 1.29. The van der Waals surface area contributed by atoms with Crippen LogP contribution in [0.2, 0.25) is 0 Å². The molecule has 1 aromatic carbocycles. The molecule has 0 fully saturated rings. The van der Waals surface area contributed by atoms with Gasteiger partial charge in [-0.05, 0) is 6.07 Å². The van der Waals surface area contributed by atoms with Crippen LogP contribution in [-0.2, 0) is 4.79 Å². The van der Waals surface area contributed by atoms with Gasteiger partial charge in [0.05, 0.1) is 13.2 Å². The van der Waals surface area contributed by atoms with Crippen molar-refractivity contribution in [2.75, 3.05) is 13.7 Å². The van der Waals surface area contributed by atoms with E-state index in [9.17, 15) is 9.90 Å². The third kappa shape index (κ3) is 3.25. The Kier molecular flexibility index (Phi) is 4.12. The molecule has 0 aliphatic rings. The predicted octanol–water partition coefficient (Wildman–Crippen LogP) is 0.865. The second-order valence-electron chi connectivity index (χ2n) is 3.19. The van der Waals surface area contributed by atoms with Crippen LogP contribution >= 0.6 is 0 Å². The van der Waals surface area contributed by atoms with E-state index in [-0.39, 0.29) is 12.5 Å². The normalized spacial score (nSPS) is 11.9. The van der Waals surface area contributed by atoms with E-state index in [1.807, 2.05) is 12.1 Å². The number of rotatable bonds is 4. The lowest BCUT2D eigenvalue weighted by atomic mass is 10.1. The number of carbonyl (C=O) groups is 1. The molecule has 0 saturated carbocycles. The standard InChI is InChI=1S/C11H15NO3/c1-8(13)12-7-10(14)9-5-3-4-6-11(9)15-2/h3-6,10,14H,7H2,1-2H3,(H,12,13). The third-order valence-electron chi connectivity index (χ3n) is 2.04. The Labute approximate surface area is 88.9 Å². The fourth-order valence-corrected chi connectivity index (χ4v) is 1.29. The van der Waals surface area contributed by atoms with E-state index < -0.39 is 6.10 Å². The van der Waals surface area contributed by atoms with Crippen LogP contribution in [0.25, 0.3) is 0 Å². The largest absolute Gasteiger partial charge is 0.496 e. The zero-order chi connectivity index (χ0) is 11.3. The molecule has 0 spiro atoms. The van der Waals surface area contributed by atoms with Crippen LogP contribution in [0.5, 0.6) is 5.75 Å². The van der Waals surface area contributed by atoms with E-state index in [1.165, 1.54) is 6.92 Å². The van der Waals surface area contributed by atoms with E-state index in [0.717, 1.165) is 0 Å². The average molecular weight is 209 g/mol. The summed E-state index contributed by atoms with van der Waals surface area (Å²) in [5, 5.41) is 12.3. The molecule has 1 unspecified atom stereocenters. The van der Waals surface area contributed by atoms with Crippen LogP contribution in [0.3, 0.4) is 0 Å². The number of hydrogen-bond acceptors (Lipinski definition) is 3. The second-order valence-corrected chi connectivity index (χ2v) is 3.19. The van der Waals surface area contributed by atoms with Crippen molar-refractivity contribution < 1.29 is 14.6 Å². The molecule has 1 amide bonds. The first-order chi connectivity index (χ1) is 7.15. The van der Waals surface area contributed by atoms with Crippen LogP contribution in [-0.4, -0.2) is 24.7 Å². The van der Waals surface area contributed by atoms with Crippen molar-refractivity contribution in [3.63, 3.8) is 0 Å². The summed E-state index contributed by atoms with van der Waals surface area (Å²) in [6.07, 6.45) is -0.745. The van der Waals surface area contributed by atoms with Crippen molar-refractivity contribution in [1.29, 1.82) is 0 Å². The summed E-state index contributed by atoms with van der Waals surface area (Å²) in [5.74, 6) is 0.458. The topological polar surface area (TPSA) is 58.6 Å². The van der Waals surface area contributed by atoms with Gasteiger partial charge in [0, 0.05) is 19.0 Å². The number of ether oxygens (including phenoxy) is 1. The number of amides is 1. The molecule has 0 heterocycles. The number of nitrogens with one attached hydrogen (secondary N) is 1. The van der Waals surface area contributed by atoms with Gasteiger partial charge in [-0.15, -0.1) is 0 Å². The quantitative estimate of drug-likeness (QED) is 0.773. The molecule has 82 valence electrons.